The highest BCUT2D eigenvalue weighted by Gasteiger charge is 1.96. The molecule has 65 valence electrons. The monoisotopic (exact) mass is 158 g/mol. The van der Waals surface area contributed by atoms with Crippen LogP contribution in [0.25, 0.3) is 0 Å². The van der Waals surface area contributed by atoms with Gasteiger partial charge in [0.15, 0.2) is 0 Å². The Morgan fingerprint density at radius 1 is 0.818 bits per heavy atom. The molecule has 0 aromatic heterocycles. The molecule has 1 fully saturated rings. The Balaban J connectivity index is 2.02. The Morgan fingerprint density at radius 2 is 1.55 bits per heavy atom. The molecule has 1 heterocycles. The maximum Gasteiger partial charge on any atom is 0.0843 e. The second-order valence-electron chi connectivity index (χ2n) is 2.87. The predicted octanol–water partition coefficient (Wildman–Crippen LogP) is 1.81. The highest BCUT2D eigenvalue weighted by molar-refractivity contribution is 4.46. The van der Waals surface area contributed by atoms with Crippen LogP contribution in [0.1, 0.15) is 38.5 Å². The van der Waals surface area contributed by atoms with Gasteiger partial charge >= 0.3 is 0 Å². The first kappa shape index (κ1) is 8.97. The molecular formula is C8H16NO2. The van der Waals surface area contributed by atoms with Crippen LogP contribution in [0.4, 0.5) is 0 Å². The van der Waals surface area contributed by atoms with Gasteiger partial charge in [-0.1, -0.05) is 31.2 Å². The van der Waals surface area contributed by atoms with E-state index in [1.54, 1.807) is 0 Å². The zero-order chi connectivity index (χ0) is 7.78. The molecule has 0 N–H and O–H groups in total. The van der Waals surface area contributed by atoms with Gasteiger partial charge in [-0.25, -0.2) is 4.89 Å². The van der Waals surface area contributed by atoms with E-state index in [-0.39, 0.29) is 0 Å². The molecule has 1 saturated heterocycles. The molecule has 0 bridgehead atoms. The molecule has 0 aliphatic carbocycles. The molecule has 3 nitrogen and oxygen atoms in total. The van der Waals surface area contributed by atoms with Gasteiger partial charge in [0.25, 0.3) is 0 Å². The normalized spacial score (nSPS) is 24.0. The van der Waals surface area contributed by atoms with Crippen LogP contribution in [0, 0.1) is 0 Å². The minimum atomic E-state index is 0.684. The average molecular weight is 158 g/mol. The van der Waals surface area contributed by atoms with Gasteiger partial charge < -0.3 is 0 Å². The van der Waals surface area contributed by atoms with Crippen molar-refractivity contribution in [2.75, 3.05) is 13.2 Å². The zero-order valence-electron chi connectivity index (χ0n) is 6.92. The van der Waals surface area contributed by atoms with Gasteiger partial charge in [0, 0.05) is 6.54 Å². The lowest BCUT2D eigenvalue weighted by Gasteiger charge is -1.99. The summed E-state index contributed by atoms with van der Waals surface area (Å²) in [6.07, 6.45) is 7.40. The maximum atomic E-state index is 4.80. The molecule has 0 atom stereocenters. The molecule has 1 rings (SSSR count). The molecule has 1 aliphatic heterocycles. The highest BCUT2D eigenvalue weighted by atomic mass is 17.3. The Morgan fingerprint density at radius 3 is 2.45 bits per heavy atom. The van der Waals surface area contributed by atoms with Gasteiger partial charge in [-0.2, -0.15) is 0 Å². The smallest absolute Gasteiger partial charge is 0.0843 e. The van der Waals surface area contributed by atoms with Crippen molar-refractivity contribution in [2.45, 2.75) is 38.5 Å². The van der Waals surface area contributed by atoms with Crippen molar-refractivity contribution < 1.29 is 9.88 Å². The quantitative estimate of drug-likeness (QED) is 0.504. The van der Waals surface area contributed by atoms with Gasteiger partial charge in [-0.15, -0.1) is 4.99 Å². The fourth-order valence-corrected chi connectivity index (χ4v) is 1.16. The van der Waals surface area contributed by atoms with Crippen molar-refractivity contribution in [1.29, 1.82) is 0 Å². The summed E-state index contributed by atoms with van der Waals surface area (Å²) in [6.45, 7) is 1.46. The van der Waals surface area contributed by atoms with Crippen LogP contribution in [0.2, 0.25) is 0 Å². The summed E-state index contributed by atoms with van der Waals surface area (Å²) in [5, 5.41) is 0. The first-order chi connectivity index (χ1) is 5.50. The topological polar surface area (TPSA) is 32.6 Å². The highest BCUT2D eigenvalue weighted by Crippen LogP contribution is 2.06. The second kappa shape index (κ2) is 6.58. The van der Waals surface area contributed by atoms with Crippen LogP contribution in [-0.2, 0) is 9.88 Å². The van der Waals surface area contributed by atoms with Crippen LogP contribution in [0.15, 0.2) is 0 Å². The molecule has 1 aliphatic rings. The molecule has 0 aromatic carbocycles. The Labute approximate surface area is 67.9 Å². The number of nitrogens with zero attached hydrogens (tertiary/aromatic N) is 1. The van der Waals surface area contributed by atoms with Gasteiger partial charge in [-0.3, -0.25) is 0 Å². The van der Waals surface area contributed by atoms with E-state index in [1.807, 2.05) is 0 Å². The molecule has 0 spiro atoms. The summed E-state index contributed by atoms with van der Waals surface area (Å²) in [6, 6.07) is 0. The second-order valence-corrected chi connectivity index (χ2v) is 2.87. The van der Waals surface area contributed by atoms with Crippen molar-refractivity contribution in [3.05, 3.63) is 0 Å². The first-order valence-corrected chi connectivity index (χ1v) is 4.45. The largest absolute Gasteiger partial charge is 0.217 e. The van der Waals surface area contributed by atoms with E-state index >= 15 is 0 Å². The van der Waals surface area contributed by atoms with E-state index in [0.717, 1.165) is 19.4 Å². The fourth-order valence-electron chi connectivity index (χ4n) is 1.16. The van der Waals surface area contributed by atoms with E-state index in [2.05, 4.69) is 10.5 Å². The van der Waals surface area contributed by atoms with E-state index in [1.165, 1.54) is 25.7 Å². The SMILES string of the molecule is C1CCCCOO[N]CCC1. The van der Waals surface area contributed by atoms with Crippen LogP contribution in [0.3, 0.4) is 0 Å². The first-order valence-electron chi connectivity index (χ1n) is 4.45. The predicted molar refractivity (Wildman–Crippen MR) is 41.7 cm³/mol. The van der Waals surface area contributed by atoms with Crippen LogP contribution >= 0.6 is 0 Å². The van der Waals surface area contributed by atoms with Crippen molar-refractivity contribution >= 4 is 0 Å². The molecule has 3 heteroatoms. The molecular weight excluding hydrogens is 142 g/mol. The Bertz CT molecular complexity index is 50.1. The number of rotatable bonds is 0. The zero-order valence-corrected chi connectivity index (χ0v) is 6.92. The van der Waals surface area contributed by atoms with E-state index in [4.69, 9.17) is 4.89 Å². The lowest BCUT2D eigenvalue weighted by Crippen LogP contribution is -2.08. The Kier molecular flexibility index (Phi) is 5.37. The Hall–Kier alpha value is -0.120. The molecule has 0 amide bonds. The minimum absolute atomic E-state index is 0.684. The summed E-state index contributed by atoms with van der Waals surface area (Å²) < 4.78 is 0. The number of hydrogen-bond acceptors (Lipinski definition) is 2. The third-order valence-corrected chi connectivity index (χ3v) is 1.83. The van der Waals surface area contributed by atoms with Gasteiger partial charge in [0.2, 0.25) is 0 Å². The lowest BCUT2D eigenvalue weighted by atomic mass is 10.1. The van der Waals surface area contributed by atoms with Crippen molar-refractivity contribution in [1.82, 2.24) is 5.48 Å². The van der Waals surface area contributed by atoms with Crippen LogP contribution in [0.5, 0.6) is 0 Å². The summed E-state index contributed by atoms with van der Waals surface area (Å²) in [4.78, 5) is 9.39. The summed E-state index contributed by atoms with van der Waals surface area (Å²) >= 11 is 0. The average Bonchev–Trinajstić information content (AvgIpc) is 2.08. The van der Waals surface area contributed by atoms with Gasteiger partial charge in [-0.05, 0) is 12.8 Å². The minimum Gasteiger partial charge on any atom is -0.217 e. The molecule has 1 radical (unpaired) electrons. The number of hydroxylamine groups is 1. The van der Waals surface area contributed by atoms with Crippen molar-refractivity contribution in [2.24, 2.45) is 0 Å². The third-order valence-electron chi connectivity index (χ3n) is 1.83. The van der Waals surface area contributed by atoms with Gasteiger partial charge in [0.05, 0.1) is 6.61 Å². The van der Waals surface area contributed by atoms with Gasteiger partial charge in [0.1, 0.15) is 0 Å². The summed E-state index contributed by atoms with van der Waals surface area (Å²) in [5.74, 6) is 0. The van der Waals surface area contributed by atoms with Crippen LogP contribution < -0.4 is 5.48 Å². The molecule has 11 heavy (non-hydrogen) atoms. The van der Waals surface area contributed by atoms with E-state index < -0.39 is 0 Å². The van der Waals surface area contributed by atoms with E-state index in [9.17, 15) is 0 Å². The van der Waals surface area contributed by atoms with E-state index in [0.29, 0.717) is 6.61 Å². The molecule has 0 aromatic rings. The molecule has 0 saturated carbocycles. The fraction of sp³-hybridized carbons (Fsp3) is 1.00. The summed E-state index contributed by atoms with van der Waals surface area (Å²) in [5.41, 5.74) is 3.75. The van der Waals surface area contributed by atoms with Crippen molar-refractivity contribution in [3.63, 3.8) is 0 Å². The lowest BCUT2D eigenvalue weighted by molar-refractivity contribution is -0.340. The summed E-state index contributed by atoms with van der Waals surface area (Å²) in [7, 11) is 0. The molecule has 0 unspecified atom stereocenters. The number of hydrogen-bond donors (Lipinski definition) is 0. The standard InChI is InChI=1S/C8H16NO2/c1-2-4-6-8-10-11-9-7-5-3-1/h1-8H2. The maximum absolute atomic E-state index is 4.80. The van der Waals surface area contributed by atoms with Crippen LogP contribution in [-0.4, -0.2) is 13.2 Å². The van der Waals surface area contributed by atoms with Crippen molar-refractivity contribution in [3.8, 4) is 0 Å². The third kappa shape index (κ3) is 5.18.